The van der Waals surface area contributed by atoms with Gasteiger partial charge in [0.1, 0.15) is 0 Å². The monoisotopic (exact) mass is 307 g/mol. The first kappa shape index (κ1) is 16.5. The van der Waals surface area contributed by atoms with Crippen LogP contribution in [0.3, 0.4) is 0 Å². The summed E-state index contributed by atoms with van der Waals surface area (Å²) in [7, 11) is 0. The van der Waals surface area contributed by atoms with E-state index in [-0.39, 0.29) is 18.1 Å². The molecule has 0 fully saturated rings. The van der Waals surface area contributed by atoms with Gasteiger partial charge in [-0.25, -0.2) is 0 Å². The molecule has 2 N–H and O–H groups in total. The Balaban J connectivity index is 1.83. The number of oxime groups is 1. The summed E-state index contributed by atoms with van der Waals surface area (Å²) in [5.41, 5.74) is 3.23. The second-order valence-corrected chi connectivity index (χ2v) is 6.06. The molecule has 0 aliphatic carbocycles. The zero-order chi connectivity index (χ0) is 16.3. The fourth-order valence-corrected chi connectivity index (χ4v) is 2.70. The van der Waals surface area contributed by atoms with Crippen molar-refractivity contribution in [3.8, 4) is 0 Å². The minimum atomic E-state index is -0.358. The summed E-state index contributed by atoms with van der Waals surface area (Å²) in [5, 5.41) is 14.4. The largest absolute Gasteiger partial charge is 0.388 e. The Morgan fingerprint density at radius 1 is 1.41 bits per heavy atom. The van der Waals surface area contributed by atoms with Gasteiger partial charge in [-0.1, -0.05) is 5.16 Å². The number of aryl methyl sites for hydroxylation is 2. The molecule has 0 aromatic carbocycles. The zero-order valence-corrected chi connectivity index (χ0v) is 14.0. The Bertz CT molecular complexity index is 593. The molecule has 1 aliphatic heterocycles. The number of anilines is 1. The Labute approximate surface area is 131 Å². The number of hydrogen-bond donors (Lipinski definition) is 2. The Hall–Kier alpha value is -1.89. The lowest BCUT2D eigenvalue weighted by molar-refractivity contribution is -0.115. The third-order valence-corrected chi connectivity index (χ3v) is 3.78. The normalized spacial score (nSPS) is 20.7. The zero-order valence-electron chi connectivity index (χ0n) is 14.0. The van der Waals surface area contributed by atoms with Crippen LogP contribution < -0.4 is 10.6 Å². The van der Waals surface area contributed by atoms with Crippen LogP contribution in [0.15, 0.2) is 5.16 Å². The molecule has 122 valence electrons. The highest BCUT2D eigenvalue weighted by molar-refractivity contribution is 5.93. The van der Waals surface area contributed by atoms with E-state index in [1.807, 2.05) is 39.3 Å². The molecule has 1 atom stereocenters. The van der Waals surface area contributed by atoms with Crippen LogP contribution in [0.1, 0.15) is 38.6 Å². The van der Waals surface area contributed by atoms with Crippen LogP contribution in [0.25, 0.3) is 0 Å². The first-order valence-electron chi connectivity index (χ1n) is 7.61. The molecule has 2 rings (SSSR count). The number of hydrogen-bond acceptors (Lipinski definition) is 5. The number of nitrogens with zero attached hydrogens (tertiary/aromatic N) is 3. The maximum Gasteiger partial charge on any atom is 0.238 e. The van der Waals surface area contributed by atoms with Crippen molar-refractivity contribution in [3.05, 3.63) is 11.4 Å². The van der Waals surface area contributed by atoms with E-state index < -0.39 is 0 Å². The number of aromatic nitrogens is 2. The number of nitrogens with one attached hydrogen (secondary N) is 2. The molecule has 1 aromatic heterocycles. The average Bonchev–Trinajstić information content (AvgIpc) is 2.92. The van der Waals surface area contributed by atoms with Crippen molar-refractivity contribution < 1.29 is 9.63 Å². The second-order valence-electron chi connectivity index (χ2n) is 6.06. The summed E-state index contributed by atoms with van der Waals surface area (Å²) >= 11 is 0. The molecule has 22 heavy (non-hydrogen) atoms. The SMILES string of the molecule is CCn1nc(C)c(NC(=O)CNCC2(C)CC(C)=NO2)c1C. The molecular weight excluding hydrogens is 282 g/mol. The molecule has 0 spiro atoms. The third-order valence-electron chi connectivity index (χ3n) is 3.78. The number of rotatable bonds is 6. The van der Waals surface area contributed by atoms with Gasteiger partial charge in [0.25, 0.3) is 0 Å². The fraction of sp³-hybridized carbons (Fsp3) is 0.667. The summed E-state index contributed by atoms with van der Waals surface area (Å²) in [6.07, 6.45) is 0.781. The predicted molar refractivity (Wildman–Crippen MR) is 86.1 cm³/mol. The van der Waals surface area contributed by atoms with Crippen molar-refractivity contribution >= 4 is 17.3 Å². The second kappa shape index (κ2) is 6.48. The molecule has 1 aliphatic rings. The first-order valence-corrected chi connectivity index (χ1v) is 7.61. The summed E-state index contributed by atoms with van der Waals surface area (Å²) in [6.45, 7) is 11.4. The van der Waals surface area contributed by atoms with E-state index in [4.69, 9.17) is 4.84 Å². The smallest absolute Gasteiger partial charge is 0.238 e. The van der Waals surface area contributed by atoms with Crippen molar-refractivity contribution in [2.24, 2.45) is 5.16 Å². The maximum atomic E-state index is 12.1. The van der Waals surface area contributed by atoms with Crippen LogP contribution in [0.4, 0.5) is 5.69 Å². The van der Waals surface area contributed by atoms with Gasteiger partial charge in [0.05, 0.1) is 29.3 Å². The van der Waals surface area contributed by atoms with Crippen LogP contribution in [0.5, 0.6) is 0 Å². The van der Waals surface area contributed by atoms with E-state index in [9.17, 15) is 4.79 Å². The summed E-state index contributed by atoms with van der Waals surface area (Å²) in [4.78, 5) is 17.5. The van der Waals surface area contributed by atoms with Crippen LogP contribution >= 0.6 is 0 Å². The molecule has 0 saturated carbocycles. The highest BCUT2D eigenvalue weighted by atomic mass is 16.7. The highest BCUT2D eigenvalue weighted by Gasteiger charge is 2.32. The lowest BCUT2D eigenvalue weighted by atomic mass is 10.0. The quantitative estimate of drug-likeness (QED) is 0.836. The predicted octanol–water partition coefficient (Wildman–Crippen LogP) is 1.60. The molecule has 1 aromatic rings. The summed E-state index contributed by atoms with van der Waals surface area (Å²) in [5.74, 6) is -0.0823. The minimum absolute atomic E-state index is 0.0823. The lowest BCUT2D eigenvalue weighted by Crippen LogP contribution is -2.41. The third kappa shape index (κ3) is 3.65. The van der Waals surface area contributed by atoms with Crippen LogP contribution in [0, 0.1) is 13.8 Å². The molecule has 0 saturated heterocycles. The van der Waals surface area contributed by atoms with Crippen LogP contribution in [-0.2, 0) is 16.2 Å². The maximum absolute atomic E-state index is 12.1. The van der Waals surface area contributed by atoms with Gasteiger partial charge in [-0.15, -0.1) is 0 Å². The minimum Gasteiger partial charge on any atom is -0.388 e. The Kier molecular flexibility index (Phi) is 4.85. The van der Waals surface area contributed by atoms with Crippen molar-refractivity contribution in [1.82, 2.24) is 15.1 Å². The van der Waals surface area contributed by atoms with Gasteiger partial charge in [-0.2, -0.15) is 5.10 Å². The van der Waals surface area contributed by atoms with Crippen LogP contribution in [-0.4, -0.2) is 40.1 Å². The molecule has 0 radical (unpaired) electrons. The van der Waals surface area contributed by atoms with E-state index in [0.29, 0.717) is 6.54 Å². The molecule has 1 unspecified atom stereocenters. The topological polar surface area (TPSA) is 80.5 Å². The Morgan fingerprint density at radius 3 is 2.68 bits per heavy atom. The van der Waals surface area contributed by atoms with Crippen LogP contribution in [0.2, 0.25) is 0 Å². The van der Waals surface area contributed by atoms with Gasteiger partial charge in [0.2, 0.25) is 5.91 Å². The molecule has 1 amide bonds. The van der Waals surface area contributed by atoms with Gasteiger partial charge in [-0.05, 0) is 34.6 Å². The van der Waals surface area contributed by atoms with E-state index in [2.05, 4.69) is 20.9 Å². The van der Waals surface area contributed by atoms with Gasteiger partial charge in [-0.3, -0.25) is 9.48 Å². The molecule has 0 bridgehead atoms. The molecular formula is C15H25N5O2. The lowest BCUT2D eigenvalue weighted by Gasteiger charge is -2.21. The number of amides is 1. The van der Waals surface area contributed by atoms with E-state index in [1.54, 1.807) is 0 Å². The fourth-order valence-electron chi connectivity index (χ4n) is 2.70. The molecule has 7 heteroatoms. The van der Waals surface area contributed by atoms with Crippen molar-refractivity contribution in [2.75, 3.05) is 18.4 Å². The summed E-state index contributed by atoms with van der Waals surface area (Å²) in [6, 6.07) is 0. The van der Waals surface area contributed by atoms with Crippen molar-refractivity contribution in [2.45, 2.75) is 53.2 Å². The number of carbonyl (C=O) groups excluding carboxylic acids is 1. The molecule has 2 heterocycles. The van der Waals surface area contributed by atoms with E-state index in [1.165, 1.54) is 0 Å². The van der Waals surface area contributed by atoms with Crippen molar-refractivity contribution in [3.63, 3.8) is 0 Å². The Morgan fingerprint density at radius 2 is 2.14 bits per heavy atom. The standard InChI is InChI=1S/C15H25N5O2/c1-6-20-12(4)14(11(3)18-20)17-13(21)8-16-9-15(5)7-10(2)19-22-15/h16H,6-9H2,1-5H3,(H,17,21). The van der Waals surface area contributed by atoms with Gasteiger partial charge in [0, 0.05) is 19.5 Å². The van der Waals surface area contributed by atoms with E-state index in [0.717, 1.165) is 35.8 Å². The number of carbonyl (C=O) groups is 1. The van der Waals surface area contributed by atoms with Crippen molar-refractivity contribution in [1.29, 1.82) is 0 Å². The highest BCUT2D eigenvalue weighted by Crippen LogP contribution is 2.22. The average molecular weight is 307 g/mol. The van der Waals surface area contributed by atoms with Gasteiger partial charge in [0.15, 0.2) is 5.60 Å². The van der Waals surface area contributed by atoms with Gasteiger partial charge < -0.3 is 15.5 Å². The van der Waals surface area contributed by atoms with E-state index >= 15 is 0 Å². The van der Waals surface area contributed by atoms with Gasteiger partial charge >= 0.3 is 0 Å². The first-order chi connectivity index (χ1) is 10.3. The molecule has 7 nitrogen and oxygen atoms in total. The summed E-state index contributed by atoms with van der Waals surface area (Å²) < 4.78 is 1.88.